The molecular weight excluding hydrogens is 375 g/mol. The molecule has 6 nitrogen and oxygen atoms in total. The number of halogens is 2. The number of nitrogens with one attached hydrogen (secondary N) is 2. The van der Waals surface area contributed by atoms with Crippen molar-refractivity contribution in [3.63, 3.8) is 0 Å². The molecule has 0 aliphatic heterocycles. The Labute approximate surface area is 160 Å². The summed E-state index contributed by atoms with van der Waals surface area (Å²) in [5.41, 5.74) is 1.65. The fourth-order valence-electron chi connectivity index (χ4n) is 2.12. The van der Waals surface area contributed by atoms with Gasteiger partial charge in [-0.15, -0.1) is 0 Å². The van der Waals surface area contributed by atoms with E-state index in [0.29, 0.717) is 33.0 Å². The third kappa shape index (κ3) is 4.41. The van der Waals surface area contributed by atoms with Crippen LogP contribution >= 0.6 is 23.2 Å². The molecule has 0 bridgehead atoms. The minimum Gasteiger partial charge on any atom is -0.495 e. The standard InChI is InChI=1S/C18H14Cl2N4O2/c1-26-16-7-6-14(8-15(16)20)23-17(25)11-9-21-18(22-10-11)24-13-4-2-12(19)3-5-13/h2-10H,1H3,(H,23,25)(H,21,22,24). The molecule has 1 heterocycles. The summed E-state index contributed by atoms with van der Waals surface area (Å²) in [6.45, 7) is 0. The topological polar surface area (TPSA) is 76.1 Å². The molecule has 8 heteroatoms. The van der Waals surface area contributed by atoms with E-state index in [1.807, 2.05) is 0 Å². The predicted molar refractivity (Wildman–Crippen MR) is 103 cm³/mol. The average molecular weight is 389 g/mol. The van der Waals surface area contributed by atoms with Gasteiger partial charge in [0.05, 0.1) is 17.7 Å². The number of carbonyl (C=O) groups excluding carboxylic acids is 1. The van der Waals surface area contributed by atoms with Crippen LogP contribution in [0.3, 0.4) is 0 Å². The van der Waals surface area contributed by atoms with Crippen LogP contribution in [0.1, 0.15) is 10.4 Å². The average Bonchev–Trinajstić information content (AvgIpc) is 2.64. The SMILES string of the molecule is COc1ccc(NC(=O)c2cnc(Nc3ccc(Cl)cc3)nc2)cc1Cl. The van der Waals surface area contributed by atoms with Crippen LogP contribution in [0.4, 0.5) is 17.3 Å². The van der Waals surface area contributed by atoms with E-state index in [-0.39, 0.29) is 5.91 Å². The lowest BCUT2D eigenvalue weighted by atomic mass is 10.2. The van der Waals surface area contributed by atoms with Gasteiger partial charge in [0.15, 0.2) is 0 Å². The van der Waals surface area contributed by atoms with Crippen molar-refractivity contribution in [2.24, 2.45) is 0 Å². The predicted octanol–water partition coefficient (Wildman–Crippen LogP) is 4.79. The molecule has 0 fully saturated rings. The Bertz CT molecular complexity index is 915. The lowest BCUT2D eigenvalue weighted by Crippen LogP contribution is -2.13. The van der Waals surface area contributed by atoms with Gasteiger partial charge in [-0.25, -0.2) is 9.97 Å². The molecule has 0 radical (unpaired) electrons. The van der Waals surface area contributed by atoms with Gasteiger partial charge >= 0.3 is 0 Å². The number of benzene rings is 2. The molecule has 0 aliphatic carbocycles. The van der Waals surface area contributed by atoms with Gasteiger partial charge < -0.3 is 15.4 Å². The van der Waals surface area contributed by atoms with E-state index >= 15 is 0 Å². The maximum Gasteiger partial charge on any atom is 0.258 e. The molecule has 0 aliphatic rings. The van der Waals surface area contributed by atoms with E-state index in [4.69, 9.17) is 27.9 Å². The molecule has 132 valence electrons. The van der Waals surface area contributed by atoms with Gasteiger partial charge in [0.2, 0.25) is 5.95 Å². The van der Waals surface area contributed by atoms with E-state index in [9.17, 15) is 4.79 Å². The summed E-state index contributed by atoms with van der Waals surface area (Å²) >= 11 is 11.9. The minimum absolute atomic E-state index is 0.318. The molecule has 3 aromatic rings. The number of ether oxygens (including phenoxy) is 1. The smallest absolute Gasteiger partial charge is 0.258 e. The van der Waals surface area contributed by atoms with Gasteiger partial charge in [0, 0.05) is 28.8 Å². The van der Waals surface area contributed by atoms with Crippen LogP contribution in [0.15, 0.2) is 54.9 Å². The Morgan fingerprint density at radius 3 is 2.27 bits per heavy atom. The zero-order chi connectivity index (χ0) is 18.5. The summed E-state index contributed by atoms with van der Waals surface area (Å²) in [4.78, 5) is 20.6. The van der Waals surface area contributed by atoms with Crippen molar-refractivity contribution in [2.75, 3.05) is 17.7 Å². The fourth-order valence-corrected chi connectivity index (χ4v) is 2.50. The second-order valence-corrected chi connectivity index (χ2v) is 6.07. The summed E-state index contributed by atoms with van der Waals surface area (Å²) in [6, 6.07) is 12.1. The van der Waals surface area contributed by atoms with Crippen molar-refractivity contribution in [1.82, 2.24) is 9.97 Å². The number of hydrogen-bond acceptors (Lipinski definition) is 5. The van der Waals surface area contributed by atoms with Crippen molar-refractivity contribution in [3.05, 3.63) is 70.5 Å². The van der Waals surface area contributed by atoms with Crippen molar-refractivity contribution in [2.45, 2.75) is 0 Å². The first-order valence-electron chi connectivity index (χ1n) is 7.54. The van der Waals surface area contributed by atoms with Crippen LogP contribution in [0.25, 0.3) is 0 Å². The van der Waals surface area contributed by atoms with Crippen molar-refractivity contribution in [1.29, 1.82) is 0 Å². The molecule has 2 aromatic carbocycles. The lowest BCUT2D eigenvalue weighted by Gasteiger charge is -2.08. The van der Waals surface area contributed by atoms with Crippen LogP contribution in [-0.4, -0.2) is 23.0 Å². The maximum absolute atomic E-state index is 12.3. The summed E-state index contributed by atoms with van der Waals surface area (Å²) in [5.74, 6) is 0.561. The van der Waals surface area contributed by atoms with E-state index in [2.05, 4.69) is 20.6 Å². The van der Waals surface area contributed by atoms with Crippen LogP contribution in [0.2, 0.25) is 10.0 Å². The fraction of sp³-hybridized carbons (Fsp3) is 0.0556. The Kier molecular flexibility index (Phi) is 5.55. The Morgan fingerprint density at radius 1 is 1.00 bits per heavy atom. The van der Waals surface area contributed by atoms with Gasteiger partial charge in [-0.2, -0.15) is 0 Å². The number of hydrogen-bond donors (Lipinski definition) is 2. The highest BCUT2D eigenvalue weighted by molar-refractivity contribution is 6.32. The van der Waals surface area contributed by atoms with Crippen molar-refractivity contribution in [3.8, 4) is 5.75 Å². The maximum atomic E-state index is 12.3. The number of rotatable bonds is 5. The second kappa shape index (κ2) is 8.03. The minimum atomic E-state index is -0.343. The van der Waals surface area contributed by atoms with E-state index in [0.717, 1.165) is 5.69 Å². The zero-order valence-electron chi connectivity index (χ0n) is 13.7. The van der Waals surface area contributed by atoms with Gasteiger partial charge in [0.1, 0.15) is 5.75 Å². The third-order valence-corrected chi connectivity index (χ3v) is 3.97. The highest BCUT2D eigenvalue weighted by atomic mass is 35.5. The van der Waals surface area contributed by atoms with E-state index in [1.54, 1.807) is 42.5 Å². The molecular formula is C18H14Cl2N4O2. The van der Waals surface area contributed by atoms with Gasteiger partial charge in [-0.1, -0.05) is 23.2 Å². The number of anilines is 3. The molecule has 0 saturated carbocycles. The molecule has 3 rings (SSSR count). The molecule has 0 unspecified atom stereocenters. The molecule has 2 N–H and O–H groups in total. The van der Waals surface area contributed by atoms with Crippen LogP contribution in [-0.2, 0) is 0 Å². The molecule has 1 amide bonds. The van der Waals surface area contributed by atoms with Gasteiger partial charge in [0.25, 0.3) is 5.91 Å². The first-order valence-corrected chi connectivity index (χ1v) is 8.30. The quantitative estimate of drug-likeness (QED) is 0.656. The largest absolute Gasteiger partial charge is 0.495 e. The second-order valence-electron chi connectivity index (χ2n) is 5.23. The number of aromatic nitrogens is 2. The number of carbonyl (C=O) groups is 1. The van der Waals surface area contributed by atoms with Gasteiger partial charge in [-0.05, 0) is 42.5 Å². The first kappa shape index (κ1) is 18.0. The number of nitrogens with zero attached hydrogens (tertiary/aromatic N) is 2. The summed E-state index contributed by atoms with van der Waals surface area (Å²) in [5, 5.41) is 6.80. The highest BCUT2D eigenvalue weighted by Crippen LogP contribution is 2.27. The Balaban J connectivity index is 1.66. The van der Waals surface area contributed by atoms with Gasteiger partial charge in [-0.3, -0.25) is 4.79 Å². The Hall–Kier alpha value is -2.83. The number of amides is 1. The Morgan fingerprint density at radius 2 is 1.65 bits per heavy atom. The third-order valence-electron chi connectivity index (χ3n) is 3.42. The molecule has 0 saturated heterocycles. The van der Waals surface area contributed by atoms with Crippen molar-refractivity contribution < 1.29 is 9.53 Å². The monoisotopic (exact) mass is 388 g/mol. The molecule has 26 heavy (non-hydrogen) atoms. The molecule has 0 spiro atoms. The molecule has 0 atom stereocenters. The van der Waals surface area contributed by atoms with E-state index < -0.39 is 0 Å². The summed E-state index contributed by atoms with van der Waals surface area (Å²) in [6.07, 6.45) is 2.87. The van der Waals surface area contributed by atoms with E-state index in [1.165, 1.54) is 19.5 Å². The summed E-state index contributed by atoms with van der Waals surface area (Å²) in [7, 11) is 1.52. The van der Waals surface area contributed by atoms with Crippen LogP contribution in [0, 0.1) is 0 Å². The van der Waals surface area contributed by atoms with Crippen LogP contribution < -0.4 is 15.4 Å². The highest BCUT2D eigenvalue weighted by Gasteiger charge is 2.09. The normalized spacial score (nSPS) is 10.3. The zero-order valence-corrected chi connectivity index (χ0v) is 15.2. The van der Waals surface area contributed by atoms with Crippen LogP contribution in [0.5, 0.6) is 5.75 Å². The first-order chi connectivity index (χ1) is 12.5. The van der Waals surface area contributed by atoms with Crippen molar-refractivity contribution >= 4 is 46.4 Å². The number of methoxy groups -OCH3 is 1. The lowest BCUT2D eigenvalue weighted by molar-refractivity contribution is 0.102. The summed E-state index contributed by atoms with van der Waals surface area (Å²) < 4.78 is 5.08. The molecule has 1 aromatic heterocycles.